The Morgan fingerprint density at radius 3 is 2.34 bits per heavy atom. The maximum absolute atomic E-state index is 12.9. The molecule has 1 heterocycles. The third-order valence-corrected chi connectivity index (χ3v) is 5.79. The van der Waals surface area contributed by atoms with E-state index in [1.165, 1.54) is 18.4 Å². The van der Waals surface area contributed by atoms with Gasteiger partial charge in [-0.15, -0.1) is 11.3 Å². The molecule has 0 unspecified atom stereocenters. The van der Waals surface area contributed by atoms with E-state index in [1.807, 2.05) is 42.5 Å². The molecular weight excluding hydrogens is 446 g/mol. The van der Waals surface area contributed by atoms with Crippen LogP contribution in [0, 0.1) is 0 Å². The minimum atomic E-state index is -0.535. The first-order valence-electron chi connectivity index (χ1n) is 9.65. The first-order valence-corrected chi connectivity index (χ1v) is 10.9. The lowest BCUT2D eigenvalue weighted by atomic mass is 10.0. The number of hydrogen-bond acceptors (Lipinski definition) is 5. The molecule has 5 nitrogen and oxygen atoms in total. The van der Waals surface area contributed by atoms with Crippen molar-refractivity contribution in [3.8, 4) is 22.6 Å². The fourth-order valence-electron chi connectivity index (χ4n) is 3.10. The number of amides is 1. The minimum Gasteiger partial charge on any atom is -0.465 e. The second-order valence-electron chi connectivity index (χ2n) is 6.75. The maximum atomic E-state index is 12.9. The van der Waals surface area contributed by atoms with Gasteiger partial charge in [-0.2, -0.15) is 0 Å². The molecule has 0 fully saturated rings. The predicted molar refractivity (Wildman–Crippen MR) is 127 cm³/mol. The van der Waals surface area contributed by atoms with Crippen LogP contribution in [0.4, 0.5) is 5.00 Å². The monoisotopic (exact) mass is 463 g/mol. The van der Waals surface area contributed by atoms with Gasteiger partial charge in [-0.3, -0.25) is 4.79 Å². The zero-order valence-electron chi connectivity index (χ0n) is 17.0. The van der Waals surface area contributed by atoms with Crippen molar-refractivity contribution in [2.75, 3.05) is 12.4 Å². The van der Waals surface area contributed by atoms with Crippen molar-refractivity contribution < 1.29 is 19.1 Å². The molecule has 0 aliphatic heterocycles. The third-order valence-electron chi connectivity index (χ3n) is 4.64. The van der Waals surface area contributed by atoms with Crippen molar-refractivity contribution in [1.82, 2.24) is 0 Å². The van der Waals surface area contributed by atoms with Gasteiger partial charge in [0.25, 0.3) is 5.91 Å². The summed E-state index contributed by atoms with van der Waals surface area (Å²) >= 11 is 7.23. The van der Waals surface area contributed by atoms with Crippen molar-refractivity contribution >= 4 is 39.8 Å². The quantitative estimate of drug-likeness (QED) is 0.316. The lowest BCUT2D eigenvalue weighted by molar-refractivity contribution is 0.0603. The third kappa shape index (κ3) is 4.82. The molecule has 1 aromatic heterocycles. The van der Waals surface area contributed by atoms with Gasteiger partial charge < -0.3 is 14.8 Å². The zero-order valence-corrected chi connectivity index (χ0v) is 18.6. The van der Waals surface area contributed by atoms with Crippen LogP contribution in [0.25, 0.3) is 11.1 Å². The highest BCUT2D eigenvalue weighted by Gasteiger charge is 2.23. The molecule has 0 bridgehead atoms. The van der Waals surface area contributed by atoms with Gasteiger partial charge in [-0.1, -0.05) is 48.0 Å². The molecule has 7 heteroatoms. The van der Waals surface area contributed by atoms with Crippen LogP contribution in [-0.2, 0) is 4.74 Å². The Hall–Kier alpha value is -3.61. The van der Waals surface area contributed by atoms with Gasteiger partial charge >= 0.3 is 5.97 Å². The number of benzene rings is 3. The van der Waals surface area contributed by atoms with Gasteiger partial charge in [-0.05, 0) is 48.0 Å². The number of carbonyl (C=O) groups excluding carboxylic acids is 2. The fraction of sp³-hybridized carbons (Fsp3) is 0.0400. The van der Waals surface area contributed by atoms with E-state index in [4.69, 9.17) is 21.1 Å². The van der Waals surface area contributed by atoms with Crippen LogP contribution < -0.4 is 10.1 Å². The van der Waals surface area contributed by atoms with Crippen LogP contribution in [0.1, 0.15) is 20.7 Å². The highest BCUT2D eigenvalue weighted by atomic mass is 35.5. The lowest BCUT2D eigenvalue weighted by Gasteiger charge is -2.09. The molecular formula is C25H18ClNO4S. The Bertz CT molecular complexity index is 1250. The Kier molecular flexibility index (Phi) is 6.54. The van der Waals surface area contributed by atoms with Crippen molar-refractivity contribution in [3.05, 3.63) is 100 Å². The average molecular weight is 464 g/mol. The van der Waals surface area contributed by atoms with Gasteiger partial charge in [0.15, 0.2) is 0 Å². The molecule has 4 rings (SSSR count). The second-order valence-corrected chi connectivity index (χ2v) is 8.07. The summed E-state index contributed by atoms with van der Waals surface area (Å²) < 4.78 is 10.8. The summed E-state index contributed by atoms with van der Waals surface area (Å²) in [6, 6.07) is 23.2. The molecule has 0 aliphatic carbocycles. The van der Waals surface area contributed by atoms with Crippen molar-refractivity contribution in [2.24, 2.45) is 0 Å². The van der Waals surface area contributed by atoms with Gasteiger partial charge in [0.05, 0.1) is 7.11 Å². The van der Waals surface area contributed by atoms with Crippen molar-refractivity contribution in [2.45, 2.75) is 0 Å². The van der Waals surface area contributed by atoms with Crippen LogP contribution in [0.2, 0.25) is 5.02 Å². The summed E-state index contributed by atoms with van der Waals surface area (Å²) in [7, 11) is 1.31. The van der Waals surface area contributed by atoms with E-state index < -0.39 is 5.97 Å². The number of carbonyl (C=O) groups is 2. The van der Waals surface area contributed by atoms with Crippen LogP contribution in [0.5, 0.6) is 11.5 Å². The largest absolute Gasteiger partial charge is 0.465 e. The Balaban J connectivity index is 1.60. The summed E-state index contributed by atoms with van der Waals surface area (Å²) in [5, 5.41) is 5.63. The highest BCUT2D eigenvalue weighted by Crippen LogP contribution is 2.37. The molecule has 0 saturated carbocycles. The lowest BCUT2D eigenvalue weighted by Crippen LogP contribution is -2.14. The predicted octanol–water partition coefficient (Wildman–Crippen LogP) is 6.90. The number of halogens is 1. The number of esters is 1. The molecule has 160 valence electrons. The topological polar surface area (TPSA) is 64.6 Å². The Morgan fingerprint density at radius 1 is 0.906 bits per heavy atom. The van der Waals surface area contributed by atoms with E-state index in [1.54, 1.807) is 41.8 Å². The number of hydrogen-bond donors (Lipinski definition) is 1. The molecule has 0 spiro atoms. The summed E-state index contributed by atoms with van der Waals surface area (Å²) in [4.78, 5) is 25.5. The van der Waals surface area contributed by atoms with Crippen LogP contribution >= 0.6 is 22.9 Å². The fourth-order valence-corrected chi connectivity index (χ4v) is 4.18. The van der Waals surface area contributed by atoms with E-state index >= 15 is 0 Å². The van der Waals surface area contributed by atoms with E-state index in [-0.39, 0.29) is 5.91 Å². The van der Waals surface area contributed by atoms with Gasteiger partial charge in [0.2, 0.25) is 0 Å². The first-order chi connectivity index (χ1) is 15.5. The van der Waals surface area contributed by atoms with Gasteiger partial charge in [0, 0.05) is 21.5 Å². The standard InChI is InChI=1S/C25H18ClNO4S/c1-30-25(29)22-21(16-10-12-18(26)13-11-16)15-32-24(22)27-23(28)17-6-5-9-20(14-17)31-19-7-3-2-4-8-19/h2-15H,1H3,(H,27,28). The number of methoxy groups -OCH3 is 1. The number of para-hydroxylation sites is 1. The first kappa shape index (κ1) is 21.6. The van der Waals surface area contributed by atoms with Crippen molar-refractivity contribution in [3.63, 3.8) is 0 Å². The van der Waals surface area contributed by atoms with Gasteiger partial charge in [0.1, 0.15) is 22.1 Å². The molecule has 1 amide bonds. The molecule has 0 aliphatic rings. The highest BCUT2D eigenvalue weighted by molar-refractivity contribution is 7.15. The molecule has 4 aromatic rings. The SMILES string of the molecule is COC(=O)c1c(-c2ccc(Cl)cc2)csc1NC(=O)c1cccc(Oc2ccccc2)c1. The number of thiophene rings is 1. The summed E-state index contributed by atoms with van der Waals surface area (Å²) in [6.07, 6.45) is 0. The number of nitrogens with one attached hydrogen (secondary N) is 1. The van der Waals surface area contributed by atoms with E-state index in [9.17, 15) is 9.59 Å². The Morgan fingerprint density at radius 2 is 1.62 bits per heavy atom. The van der Waals surface area contributed by atoms with Crippen molar-refractivity contribution in [1.29, 1.82) is 0 Å². The minimum absolute atomic E-state index is 0.296. The van der Waals surface area contributed by atoms with Crippen LogP contribution in [-0.4, -0.2) is 19.0 Å². The number of ether oxygens (including phenoxy) is 2. The normalized spacial score (nSPS) is 10.4. The van der Waals surface area contributed by atoms with E-state index in [2.05, 4.69) is 5.32 Å². The zero-order chi connectivity index (χ0) is 22.5. The average Bonchev–Trinajstić information content (AvgIpc) is 3.23. The van der Waals surface area contributed by atoms with E-state index in [0.717, 1.165) is 5.56 Å². The van der Waals surface area contributed by atoms with Gasteiger partial charge in [-0.25, -0.2) is 4.79 Å². The second kappa shape index (κ2) is 9.68. The molecule has 1 N–H and O–H groups in total. The molecule has 0 saturated heterocycles. The summed E-state index contributed by atoms with van der Waals surface area (Å²) in [6.45, 7) is 0. The molecule has 0 radical (unpaired) electrons. The Labute approximate surface area is 194 Å². The van der Waals surface area contributed by atoms with Crippen LogP contribution in [0.15, 0.2) is 84.2 Å². The summed E-state index contributed by atoms with van der Waals surface area (Å²) in [5.41, 5.74) is 2.15. The van der Waals surface area contributed by atoms with Crippen LogP contribution in [0.3, 0.4) is 0 Å². The molecule has 3 aromatic carbocycles. The summed E-state index contributed by atoms with van der Waals surface area (Å²) in [5.74, 6) is 0.305. The smallest absolute Gasteiger partial charge is 0.341 e. The molecule has 0 atom stereocenters. The van der Waals surface area contributed by atoms with E-state index in [0.29, 0.717) is 38.2 Å². The number of anilines is 1. The number of rotatable bonds is 6. The maximum Gasteiger partial charge on any atom is 0.341 e. The molecule has 32 heavy (non-hydrogen) atoms.